The largest absolute Gasteiger partial charge is 0.115 e. The molecule has 1 aliphatic carbocycles. The maximum Gasteiger partial charge on any atom is 0.115 e. The summed E-state index contributed by atoms with van der Waals surface area (Å²) in [6.07, 6.45) is 0. The van der Waals surface area contributed by atoms with Crippen molar-refractivity contribution in [3.63, 3.8) is 0 Å². The van der Waals surface area contributed by atoms with E-state index in [4.69, 9.17) is 157 Å². The molecule has 0 fully saturated rings. The highest BCUT2D eigenvalue weighted by atomic mass is 14.3. The van der Waals surface area contributed by atoms with E-state index in [1.54, 1.807) is 0 Å². The molecular formula is C32B20. The van der Waals surface area contributed by atoms with Gasteiger partial charge in [-0.1, -0.05) is 60.1 Å². The lowest BCUT2D eigenvalue weighted by Crippen LogP contribution is -2.56. The molecule has 0 nitrogen and oxygen atoms in total. The summed E-state index contributed by atoms with van der Waals surface area (Å²) in [5.74, 6) is 0. The van der Waals surface area contributed by atoms with Gasteiger partial charge in [0.2, 0.25) is 0 Å². The average Bonchev–Trinajstić information content (AvgIpc) is 3.47. The first kappa shape index (κ1) is 37.5. The number of hydrogen-bond donors (Lipinski definition) is 0. The van der Waals surface area contributed by atoms with E-state index in [0.717, 1.165) is 0 Å². The molecule has 0 bridgehead atoms. The average molecular weight is 601 g/mol. The maximum atomic E-state index is 7.07. The van der Waals surface area contributed by atoms with Crippen LogP contribution in [0.2, 0.25) is 0 Å². The Bertz CT molecular complexity index is 2670. The van der Waals surface area contributed by atoms with Crippen molar-refractivity contribution in [3.05, 3.63) is 0 Å². The fraction of sp³-hybridized carbons (Fsp3) is 0. The lowest BCUT2D eigenvalue weighted by molar-refractivity contribution is 1.83. The third-order valence-corrected chi connectivity index (χ3v) is 10.3. The highest BCUT2D eigenvalue weighted by molar-refractivity contribution is 6.75. The number of benzene rings is 6. The molecule has 0 aliphatic heterocycles. The Labute approximate surface area is 330 Å². The summed E-state index contributed by atoms with van der Waals surface area (Å²) in [7, 11) is 131. The van der Waals surface area contributed by atoms with Gasteiger partial charge in [0.15, 0.2) is 0 Å². The molecule has 1 aliphatic rings. The van der Waals surface area contributed by atoms with Crippen molar-refractivity contribution >= 4 is 288 Å². The van der Waals surface area contributed by atoms with E-state index in [0.29, 0.717) is 10.9 Å². The lowest BCUT2D eigenvalue weighted by atomic mass is 9.56. The molecule has 52 heavy (non-hydrogen) atoms. The number of hydrogen-bond acceptors (Lipinski definition) is 0. The molecule has 0 atom stereocenters. The van der Waals surface area contributed by atoms with Crippen LogP contribution < -0.4 is 109 Å². The molecule has 0 spiro atoms. The lowest BCUT2D eigenvalue weighted by Gasteiger charge is -2.29. The van der Waals surface area contributed by atoms with Gasteiger partial charge in [0.05, 0.1) is 0 Å². The Balaban J connectivity index is 1.85. The van der Waals surface area contributed by atoms with Crippen LogP contribution in [0.1, 0.15) is 0 Å². The first-order valence-corrected chi connectivity index (χ1v) is 15.3. The van der Waals surface area contributed by atoms with Gasteiger partial charge in [-0.25, -0.2) is 0 Å². The molecule has 0 aromatic heterocycles. The molecule has 188 valence electrons. The summed E-state index contributed by atoms with van der Waals surface area (Å²) in [6, 6.07) is 0. The second kappa shape index (κ2) is 12.3. The van der Waals surface area contributed by atoms with Crippen LogP contribution in [0, 0.1) is 0 Å². The molecule has 0 unspecified atom stereocenters. The molecule has 40 radical (unpaired) electrons. The van der Waals surface area contributed by atoms with Crippen LogP contribution in [-0.2, 0) is 0 Å². The Morgan fingerprint density at radius 2 is 0.308 bits per heavy atom. The Morgan fingerprint density at radius 1 is 0.115 bits per heavy atom. The molecule has 0 saturated carbocycles. The molecule has 0 N–H and O–H groups in total. The van der Waals surface area contributed by atoms with Crippen LogP contribution in [0.4, 0.5) is 0 Å². The van der Waals surface area contributed by atoms with Gasteiger partial charge in [-0.15, -0.1) is 49.2 Å². The fourth-order valence-electron chi connectivity index (χ4n) is 7.51. The van der Waals surface area contributed by atoms with E-state index in [2.05, 4.69) is 0 Å². The predicted molar refractivity (Wildman–Crippen MR) is 245 cm³/mol. The van der Waals surface area contributed by atoms with Crippen molar-refractivity contribution in [1.29, 1.82) is 0 Å². The van der Waals surface area contributed by atoms with Crippen molar-refractivity contribution in [3.8, 4) is 44.5 Å². The zero-order chi connectivity index (χ0) is 38.5. The standard InChI is InChI=1S/C32B20/c33-13-9-6(14(34)19(39)11(13)12-22(42)29(49)32(52)30(50)23(12)43)2-1-4(15(35)24(44)16(36)7(1)9)3(8-5(2)17(37)25(45)26(46)18(8)38)10-20(40)27(47)31(51)28(48)21(10)41. The zero-order valence-electron chi connectivity index (χ0n) is 27.5. The molecule has 0 saturated heterocycles. The molecular weight excluding hydrogens is 601 g/mol. The molecule has 20 heteroatoms. The van der Waals surface area contributed by atoms with Gasteiger partial charge >= 0.3 is 0 Å². The van der Waals surface area contributed by atoms with Crippen molar-refractivity contribution in [2.75, 3.05) is 0 Å². The van der Waals surface area contributed by atoms with Gasteiger partial charge in [0.25, 0.3) is 0 Å². The maximum absolute atomic E-state index is 7.07. The van der Waals surface area contributed by atoms with Crippen molar-refractivity contribution in [1.82, 2.24) is 0 Å². The normalized spacial score (nSPS) is 11.8. The SMILES string of the molecule is [B]c1c([B])c([B])c(-c2c([B])c([B])c3c(c2[B])-c2c([B])c([B])c([B])c4c(-c5c([B])c([B])c([B])c([B])c5[B])c5c([B])c([B])c([B])c([B])c5c-3c24)c([B])c1[B]. The topological polar surface area (TPSA) is 0 Å². The Hall–Kier alpha value is -2.86. The van der Waals surface area contributed by atoms with Gasteiger partial charge in [0, 0.05) is 0 Å². The second-order valence-electron chi connectivity index (χ2n) is 12.8. The number of fused-ring (bicyclic) bond motifs is 5. The molecule has 7 rings (SSSR count). The third-order valence-electron chi connectivity index (χ3n) is 10.3. The van der Waals surface area contributed by atoms with Gasteiger partial charge in [-0.2, -0.15) is 0 Å². The minimum atomic E-state index is -0.0643. The smallest absolute Gasteiger partial charge is 0.112 e. The molecule has 0 amide bonds. The van der Waals surface area contributed by atoms with Crippen LogP contribution in [0.25, 0.3) is 66.1 Å². The van der Waals surface area contributed by atoms with Crippen LogP contribution >= 0.6 is 0 Å². The van der Waals surface area contributed by atoms with E-state index >= 15 is 0 Å². The fourth-order valence-corrected chi connectivity index (χ4v) is 7.51. The van der Waals surface area contributed by atoms with E-state index in [9.17, 15) is 0 Å². The third kappa shape index (κ3) is 4.51. The first-order chi connectivity index (χ1) is 24.2. The van der Waals surface area contributed by atoms with E-state index in [1.165, 1.54) is 0 Å². The Morgan fingerprint density at radius 3 is 0.712 bits per heavy atom. The van der Waals surface area contributed by atoms with E-state index in [-0.39, 0.29) is 164 Å². The van der Waals surface area contributed by atoms with Crippen LogP contribution in [0.15, 0.2) is 0 Å². The quantitative estimate of drug-likeness (QED) is 0.137. The minimum Gasteiger partial charge on any atom is -0.112 e. The van der Waals surface area contributed by atoms with E-state index in [1.807, 2.05) is 0 Å². The first-order valence-electron chi connectivity index (χ1n) is 15.3. The van der Waals surface area contributed by atoms with Gasteiger partial charge in [-0.3, -0.25) is 0 Å². The molecule has 0 heterocycles. The highest BCUT2D eigenvalue weighted by Gasteiger charge is 2.35. The summed E-state index contributed by atoms with van der Waals surface area (Å²) < 4.78 is 0. The van der Waals surface area contributed by atoms with Gasteiger partial charge < -0.3 is 0 Å². The summed E-state index contributed by atoms with van der Waals surface area (Å²) in [5.41, 5.74) is 0.829. The Kier molecular flexibility index (Phi) is 8.88. The highest BCUT2D eigenvalue weighted by Crippen LogP contribution is 2.50. The predicted octanol–water partition coefficient (Wildman–Crippen LogP) is -15.1. The van der Waals surface area contributed by atoms with Crippen LogP contribution in [0.5, 0.6) is 0 Å². The van der Waals surface area contributed by atoms with E-state index < -0.39 is 0 Å². The summed E-state index contributed by atoms with van der Waals surface area (Å²) in [4.78, 5) is 0. The van der Waals surface area contributed by atoms with Crippen LogP contribution in [-0.4, -0.2) is 157 Å². The van der Waals surface area contributed by atoms with Crippen molar-refractivity contribution in [2.24, 2.45) is 0 Å². The van der Waals surface area contributed by atoms with Crippen molar-refractivity contribution < 1.29 is 0 Å². The number of rotatable bonds is 2. The van der Waals surface area contributed by atoms with Gasteiger partial charge in [-0.05, 0) is 66.1 Å². The summed E-state index contributed by atoms with van der Waals surface area (Å²) in [5, 5.41) is 1.01. The molecule has 6 aromatic rings. The zero-order valence-corrected chi connectivity index (χ0v) is 27.5. The minimum absolute atomic E-state index is 0.00158. The monoisotopic (exact) mass is 604 g/mol. The second-order valence-corrected chi connectivity index (χ2v) is 12.8. The summed E-state index contributed by atoms with van der Waals surface area (Å²) in [6.45, 7) is 0. The van der Waals surface area contributed by atoms with Gasteiger partial charge in [0.1, 0.15) is 157 Å². The van der Waals surface area contributed by atoms with Crippen LogP contribution in [0.3, 0.4) is 0 Å². The summed E-state index contributed by atoms with van der Waals surface area (Å²) >= 11 is 0. The van der Waals surface area contributed by atoms with Crippen molar-refractivity contribution in [2.45, 2.75) is 0 Å². The molecule has 6 aromatic carbocycles.